The molecule has 0 saturated heterocycles. The fourth-order valence-corrected chi connectivity index (χ4v) is 2.45. The number of benzene rings is 1. The van der Waals surface area contributed by atoms with Crippen LogP contribution in [0.25, 0.3) is 11.4 Å². The van der Waals surface area contributed by atoms with E-state index in [2.05, 4.69) is 15.5 Å². The summed E-state index contributed by atoms with van der Waals surface area (Å²) >= 11 is 0. The third-order valence-corrected chi connectivity index (χ3v) is 4.14. The van der Waals surface area contributed by atoms with Crippen LogP contribution in [0.2, 0.25) is 0 Å². The van der Waals surface area contributed by atoms with E-state index in [-0.39, 0.29) is 11.9 Å². The van der Waals surface area contributed by atoms with E-state index in [1.54, 1.807) is 7.11 Å². The van der Waals surface area contributed by atoms with Crippen LogP contribution in [0.15, 0.2) is 28.8 Å². The van der Waals surface area contributed by atoms with Gasteiger partial charge in [0, 0.05) is 31.0 Å². The van der Waals surface area contributed by atoms with Gasteiger partial charge in [0.05, 0.1) is 7.11 Å². The molecule has 1 fully saturated rings. The van der Waals surface area contributed by atoms with Gasteiger partial charge in [0.25, 0.3) is 0 Å². The van der Waals surface area contributed by atoms with Gasteiger partial charge in [-0.05, 0) is 43.0 Å². The predicted molar refractivity (Wildman–Crippen MR) is 88.3 cm³/mol. The average molecular weight is 330 g/mol. The van der Waals surface area contributed by atoms with Crippen LogP contribution >= 0.6 is 0 Å². The maximum absolute atomic E-state index is 11.8. The van der Waals surface area contributed by atoms with E-state index < -0.39 is 0 Å². The molecule has 1 aliphatic carbocycles. The van der Waals surface area contributed by atoms with Gasteiger partial charge in [0.1, 0.15) is 5.75 Å². The van der Waals surface area contributed by atoms with Crippen LogP contribution in [0.4, 0.5) is 0 Å². The molecule has 7 heteroatoms. The summed E-state index contributed by atoms with van der Waals surface area (Å²) in [6.45, 7) is 0.532. The predicted octanol–water partition coefficient (Wildman–Crippen LogP) is 1.53. The zero-order valence-electron chi connectivity index (χ0n) is 13.7. The number of hydrogen-bond acceptors (Lipinski definition) is 6. The van der Waals surface area contributed by atoms with Crippen LogP contribution in [-0.2, 0) is 11.2 Å². The van der Waals surface area contributed by atoms with Crippen molar-refractivity contribution in [3.63, 3.8) is 0 Å². The first-order valence-electron chi connectivity index (χ1n) is 8.15. The third kappa shape index (κ3) is 4.32. The quantitative estimate of drug-likeness (QED) is 0.761. The minimum atomic E-state index is -0.0460. The number of nitrogens with two attached hydrogens (primary N) is 1. The van der Waals surface area contributed by atoms with Gasteiger partial charge in [-0.1, -0.05) is 5.16 Å². The molecule has 0 aliphatic heterocycles. The molecule has 1 heterocycles. The van der Waals surface area contributed by atoms with Gasteiger partial charge >= 0.3 is 0 Å². The van der Waals surface area contributed by atoms with Crippen LogP contribution in [0.3, 0.4) is 0 Å². The van der Waals surface area contributed by atoms with E-state index in [1.807, 2.05) is 24.3 Å². The number of nitrogens with zero attached hydrogens (tertiary/aromatic N) is 2. The molecule has 0 bridgehead atoms. The number of nitrogens with one attached hydrogen (secondary N) is 1. The highest BCUT2D eigenvalue weighted by molar-refractivity contribution is 5.76. The van der Waals surface area contributed by atoms with Gasteiger partial charge in [0.2, 0.25) is 17.6 Å². The monoisotopic (exact) mass is 330 g/mol. The summed E-state index contributed by atoms with van der Waals surface area (Å²) in [6.07, 6.45) is 3.07. The fourth-order valence-electron chi connectivity index (χ4n) is 2.45. The molecule has 0 spiro atoms. The maximum atomic E-state index is 11.8. The molecule has 7 nitrogen and oxygen atoms in total. The van der Waals surface area contributed by atoms with E-state index in [1.165, 1.54) is 12.8 Å². The lowest BCUT2D eigenvalue weighted by Gasteiger charge is -2.10. The number of amides is 1. The van der Waals surface area contributed by atoms with E-state index in [0.29, 0.717) is 37.0 Å². The minimum Gasteiger partial charge on any atom is -0.497 e. The standard InChI is InChI=1S/C17H22N4O3/c1-23-13-6-4-12(5-7-13)17-20-16(24-21-17)9-8-15(22)19-10-14(18)11-2-3-11/h4-7,11,14H,2-3,8-10,18H2,1H3,(H,19,22). The van der Waals surface area contributed by atoms with E-state index in [0.717, 1.165) is 11.3 Å². The summed E-state index contributed by atoms with van der Waals surface area (Å²) in [6, 6.07) is 7.46. The number of rotatable bonds is 8. The van der Waals surface area contributed by atoms with Gasteiger partial charge < -0.3 is 20.3 Å². The Hall–Kier alpha value is -2.41. The normalized spacial score (nSPS) is 15.1. The molecule has 1 atom stereocenters. The number of ether oxygens (including phenoxy) is 1. The molecule has 3 rings (SSSR count). The Kier molecular flexibility index (Phi) is 5.10. The Labute approximate surface area is 140 Å². The molecule has 1 aromatic heterocycles. The highest BCUT2D eigenvalue weighted by atomic mass is 16.5. The molecule has 0 radical (unpaired) electrons. The molecule has 1 aliphatic rings. The van der Waals surface area contributed by atoms with Gasteiger partial charge in [0.15, 0.2) is 0 Å². The number of carbonyl (C=O) groups excluding carboxylic acids is 1. The highest BCUT2D eigenvalue weighted by Gasteiger charge is 2.28. The smallest absolute Gasteiger partial charge is 0.227 e. The van der Waals surface area contributed by atoms with Crippen molar-refractivity contribution in [3.05, 3.63) is 30.2 Å². The summed E-state index contributed by atoms with van der Waals surface area (Å²) in [5.41, 5.74) is 6.80. The molecule has 24 heavy (non-hydrogen) atoms. The average Bonchev–Trinajstić information content (AvgIpc) is 3.36. The van der Waals surface area contributed by atoms with Crippen molar-refractivity contribution in [2.75, 3.05) is 13.7 Å². The summed E-state index contributed by atoms with van der Waals surface area (Å²) in [5.74, 6) is 2.25. The van der Waals surface area contributed by atoms with Crippen molar-refractivity contribution in [1.82, 2.24) is 15.5 Å². The SMILES string of the molecule is COc1ccc(-c2noc(CCC(=O)NCC(N)C3CC3)n2)cc1. The second-order valence-corrected chi connectivity index (χ2v) is 6.05. The summed E-state index contributed by atoms with van der Waals surface area (Å²) in [7, 11) is 1.62. The maximum Gasteiger partial charge on any atom is 0.227 e. The van der Waals surface area contributed by atoms with Crippen molar-refractivity contribution in [1.29, 1.82) is 0 Å². The van der Waals surface area contributed by atoms with Crippen LogP contribution < -0.4 is 15.8 Å². The Morgan fingerprint density at radius 1 is 1.42 bits per heavy atom. The van der Waals surface area contributed by atoms with Crippen molar-refractivity contribution in [2.45, 2.75) is 31.7 Å². The lowest BCUT2D eigenvalue weighted by Crippen LogP contribution is -2.38. The van der Waals surface area contributed by atoms with Gasteiger partial charge in [-0.2, -0.15) is 4.98 Å². The first kappa shape index (κ1) is 16.4. The second kappa shape index (κ2) is 7.44. The second-order valence-electron chi connectivity index (χ2n) is 6.05. The largest absolute Gasteiger partial charge is 0.497 e. The zero-order chi connectivity index (χ0) is 16.9. The fraction of sp³-hybridized carbons (Fsp3) is 0.471. The number of aryl methyl sites for hydroxylation is 1. The molecule has 1 aromatic carbocycles. The number of methoxy groups -OCH3 is 1. The van der Waals surface area contributed by atoms with Crippen LogP contribution in [-0.4, -0.2) is 35.7 Å². The Morgan fingerprint density at radius 2 is 2.17 bits per heavy atom. The van der Waals surface area contributed by atoms with Gasteiger partial charge in [-0.25, -0.2) is 0 Å². The van der Waals surface area contributed by atoms with E-state index in [9.17, 15) is 4.79 Å². The van der Waals surface area contributed by atoms with Crippen molar-refractivity contribution in [2.24, 2.45) is 11.7 Å². The Morgan fingerprint density at radius 3 is 2.83 bits per heavy atom. The Balaban J connectivity index is 1.47. The number of carbonyl (C=O) groups is 1. The summed E-state index contributed by atoms with van der Waals surface area (Å²) in [5, 5.41) is 6.80. The van der Waals surface area contributed by atoms with Crippen LogP contribution in [0.1, 0.15) is 25.2 Å². The van der Waals surface area contributed by atoms with Crippen LogP contribution in [0.5, 0.6) is 5.75 Å². The molecule has 128 valence electrons. The summed E-state index contributed by atoms with van der Waals surface area (Å²) < 4.78 is 10.3. The Bertz CT molecular complexity index is 679. The highest BCUT2D eigenvalue weighted by Crippen LogP contribution is 2.31. The van der Waals surface area contributed by atoms with E-state index in [4.69, 9.17) is 15.0 Å². The molecule has 2 aromatic rings. The van der Waals surface area contributed by atoms with Gasteiger partial charge in [-0.15, -0.1) is 0 Å². The van der Waals surface area contributed by atoms with Crippen LogP contribution in [0, 0.1) is 5.92 Å². The zero-order valence-corrected chi connectivity index (χ0v) is 13.7. The minimum absolute atomic E-state index is 0.0460. The van der Waals surface area contributed by atoms with Gasteiger partial charge in [-0.3, -0.25) is 4.79 Å². The first-order valence-corrected chi connectivity index (χ1v) is 8.15. The van der Waals surface area contributed by atoms with Crippen molar-refractivity contribution < 1.29 is 14.1 Å². The molecule has 1 unspecified atom stereocenters. The molecule has 3 N–H and O–H groups in total. The summed E-state index contributed by atoms with van der Waals surface area (Å²) in [4.78, 5) is 16.2. The molecular formula is C17H22N4O3. The molecule has 1 saturated carbocycles. The topological polar surface area (TPSA) is 103 Å². The van der Waals surface area contributed by atoms with E-state index >= 15 is 0 Å². The molecular weight excluding hydrogens is 308 g/mol. The van der Waals surface area contributed by atoms with Crippen molar-refractivity contribution in [3.8, 4) is 17.1 Å². The van der Waals surface area contributed by atoms with Crippen molar-refractivity contribution >= 4 is 5.91 Å². The molecule has 1 amide bonds. The lowest BCUT2D eigenvalue weighted by molar-refractivity contribution is -0.121. The number of hydrogen-bond donors (Lipinski definition) is 2. The number of aromatic nitrogens is 2. The first-order chi connectivity index (χ1) is 11.7. The third-order valence-electron chi connectivity index (χ3n) is 4.14. The lowest BCUT2D eigenvalue weighted by atomic mass is 10.2.